The molecule has 3 amide bonds. The molecule has 0 saturated heterocycles. The van der Waals surface area contributed by atoms with E-state index in [0.717, 1.165) is 18.4 Å². The second kappa shape index (κ2) is 10.0. The number of nitrogens with zero attached hydrogens (tertiary/aromatic N) is 1. The van der Waals surface area contributed by atoms with Crippen LogP contribution < -0.4 is 20.8 Å². The Kier molecular flexibility index (Phi) is 6.94. The standard InChI is InChI=1S/C21H22N4O4/c26-19(22-12-15-6-2-1-3-7-15)14-29-18-9-5-4-8-16(18)13-23-25-21(28)20(27)24-17-10-11-17/h1-9,13,17H,10-12,14H2,(H,22,26)(H,24,27)(H,25,28)/b23-13-. The highest BCUT2D eigenvalue weighted by Crippen LogP contribution is 2.18. The first-order valence-electron chi connectivity index (χ1n) is 9.28. The fourth-order valence-corrected chi connectivity index (χ4v) is 2.40. The second-order valence-electron chi connectivity index (χ2n) is 6.54. The molecule has 8 heteroatoms. The molecule has 0 radical (unpaired) electrons. The molecule has 2 aromatic rings. The predicted octanol–water partition coefficient (Wildman–Crippen LogP) is 1.11. The van der Waals surface area contributed by atoms with Crippen LogP contribution in [0.15, 0.2) is 59.7 Å². The number of amides is 3. The molecular formula is C21H22N4O4. The van der Waals surface area contributed by atoms with E-state index in [-0.39, 0.29) is 18.6 Å². The number of ether oxygens (including phenoxy) is 1. The van der Waals surface area contributed by atoms with E-state index in [4.69, 9.17) is 4.74 Å². The summed E-state index contributed by atoms with van der Waals surface area (Å²) in [4.78, 5) is 35.2. The summed E-state index contributed by atoms with van der Waals surface area (Å²) in [7, 11) is 0. The van der Waals surface area contributed by atoms with Crippen molar-refractivity contribution >= 4 is 23.9 Å². The Labute approximate surface area is 168 Å². The van der Waals surface area contributed by atoms with E-state index in [1.54, 1.807) is 24.3 Å². The van der Waals surface area contributed by atoms with E-state index >= 15 is 0 Å². The van der Waals surface area contributed by atoms with Crippen LogP contribution >= 0.6 is 0 Å². The van der Waals surface area contributed by atoms with Crippen LogP contribution in [-0.2, 0) is 20.9 Å². The molecule has 3 rings (SSSR count). The van der Waals surface area contributed by atoms with E-state index in [0.29, 0.717) is 17.9 Å². The molecule has 3 N–H and O–H groups in total. The Hall–Kier alpha value is -3.68. The van der Waals surface area contributed by atoms with Crippen molar-refractivity contribution in [1.29, 1.82) is 0 Å². The van der Waals surface area contributed by atoms with E-state index in [2.05, 4.69) is 21.2 Å². The maximum Gasteiger partial charge on any atom is 0.329 e. The Morgan fingerprint density at radius 2 is 1.72 bits per heavy atom. The van der Waals surface area contributed by atoms with E-state index in [9.17, 15) is 14.4 Å². The number of carbonyl (C=O) groups excluding carboxylic acids is 3. The number of carbonyl (C=O) groups is 3. The van der Waals surface area contributed by atoms with Gasteiger partial charge in [-0.1, -0.05) is 42.5 Å². The molecule has 0 aromatic heterocycles. The third-order valence-corrected chi connectivity index (χ3v) is 4.10. The van der Waals surface area contributed by atoms with Gasteiger partial charge in [-0.2, -0.15) is 5.10 Å². The van der Waals surface area contributed by atoms with Gasteiger partial charge in [0, 0.05) is 18.2 Å². The lowest BCUT2D eigenvalue weighted by molar-refractivity contribution is -0.139. The number of nitrogens with one attached hydrogen (secondary N) is 3. The van der Waals surface area contributed by atoms with Gasteiger partial charge < -0.3 is 15.4 Å². The quantitative estimate of drug-likeness (QED) is 0.354. The van der Waals surface area contributed by atoms with Gasteiger partial charge in [0.1, 0.15) is 5.75 Å². The van der Waals surface area contributed by atoms with Crippen LogP contribution in [0.4, 0.5) is 0 Å². The van der Waals surface area contributed by atoms with Gasteiger partial charge in [0.25, 0.3) is 5.91 Å². The lowest BCUT2D eigenvalue weighted by Gasteiger charge is -2.09. The molecular weight excluding hydrogens is 372 g/mol. The monoisotopic (exact) mass is 394 g/mol. The fraction of sp³-hybridized carbons (Fsp3) is 0.238. The van der Waals surface area contributed by atoms with Crippen molar-refractivity contribution in [3.05, 3.63) is 65.7 Å². The minimum atomic E-state index is -0.827. The number of hydrazone groups is 1. The topological polar surface area (TPSA) is 109 Å². The molecule has 2 aromatic carbocycles. The maximum atomic E-state index is 12.0. The van der Waals surface area contributed by atoms with Gasteiger partial charge in [-0.3, -0.25) is 14.4 Å². The van der Waals surface area contributed by atoms with Crippen molar-refractivity contribution < 1.29 is 19.1 Å². The van der Waals surface area contributed by atoms with Crippen molar-refractivity contribution in [3.8, 4) is 5.75 Å². The Morgan fingerprint density at radius 3 is 2.48 bits per heavy atom. The summed E-state index contributed by atoms with van der Waals surface area (Å²) in [6.07, 6.45) is 3.15. The summed E-state index contributed by atoms with van der Waals surface area (Å²) >= 11 is 0. The molecule has 0 heterocycles. The number of rotatable bonds is 8. The predicted molar refractivity (Wildman–Crippen MR) is 107 cm³/mol. The van der Waals surface area contributed by atoms with Crippen LogP contribution in [0.1, 0.15) is 24.0 Å². The molecule has 1 fully saturated rings. The number of hydrogen-bond acceptors (Lipinski definition) is 5. The summed E-state index contributed by atoms with van der Waals surface area (Å²) in [6.45, 7) is 0.259. The van der Waals surface area contributed by atoms with Gasteiger partial charge in [0.05, 0.1) is 6.21 Å². The SMILES string of the molecule is O=C(COc1ccccc1/C=N\NC(=O)C(=O)NC1CC1)NCc1ccccc1. The first-order valence-corrected chi connectivity index (χ1v) is 9.28. The van der Waals surface area contributed by atoms with Crippen LogP contribution in [0, 0.1) is 0 Å². The van der Waals surface area contributed by atoms with Crippen molar-refractivity contribution in [2.75, 3.05) is 6.61 Å². The molecule has 1 aliphatic carbocycles. The molecule has 0 aliphatic heterocycles. The normalized spacial score (nSPS) is 13.0. The molecule has 8 nitrogen and oxygen atoms in total. The van der Waals surface area contributed by atoms with Gasteiger partial charge in [0.2, 0.25) is 0 Å². The molecule has 0 atom stereocenters. The minimum absolute atomic E-state index is 0.0967. The number of para-hydroxylation sites is 1. The third kappa shape index (κ3) is 6.76. The third-order valence-electron chi connectivity index (χ3n) is 4.10. The summed E-state index contributed by atoms with van der Waals surface area (Å²) in [5.41, 5.74) is 3.73. The molecule has 29 heavy (non-hydrogen) atoms. The Morgan fingerprint density at radius 1 is 1.00 bits per heavy atom. The fourth-order valence-electron chi connectivity index (χ4n) is 2.40. The number of hydrogen-bond donors (Lipinski definition) is 3. The molecule has 0 unspecified atom stereocenters. The van der Waals surface area contributed by atoms with Gasteiger partial charge >= 0.3 is 11.8 Å². The van der Waals surface area contributed by atoms with Crippen LogP contribution in [0.2, 0.25) is 0 Å². The van der Waals surface area contributed by atoms with Crippen molar-refractivity contribution in [2.45, 2.75) is 25.4 Å². The van der Waals surface area contributed by atoms with Gasteiger partial charge in [0.15, 0.2) is 6.61 Å². The average Bonchev–Trinajstić information content (AvgIpc) is 3.56. The molecule has 150 valence electrons. The Balaban J connectivity index is 1.47. The van der Waals surface area contributed by atoms with Gasteiger partial charge in [-0.15, -0.1) is 0 Å². The molecule has 1 aliphatic rings. The average molecular weight is 394 g/mol. The van der Waals surface area contributed by atoms with Crippen LogP contribution in [0.25, 0.3) is 0 Å². The molecule has 0 bridgehead atoms. The van der Waals surface area contributed by atoms with Crippen molar-refractivity contribution in [2.24, 2.45) is 5.10 Å². The zero-order valence-electron chi connectivity index (χ0n) is 15.8. The van der Waals surface area contributed by atoms with E-state index in [1.165, 1.54) is 6.21 Å². The molecule has 1 saturated carbocycles. The summed E-state index contributed by atoms with van der Waals surface area (Å²) in [5.74, 6) is -1.36. The summed E-state index contributed by atoms with van der Waals surface area (Å²) < 4.78 is 5.56. The lowest BCUT2D eigenvalue weighted by Crippen LogP contribution is -2.38. The van der Waals surface area contributed by atoms with Crippen molar-refractivity contribution in [1.82, 2.24) is 16.1 Å². The van der Waals surface area contributed by atoms with Gasteiger partial charge in [-0.05, 0) is 30.5 Å². The van der Waals surface area contributed by atoms with Crippen LogP contribution in [-0.4, -0.2) is 36.6 Å². The van der Waals surface area contributed by atoms with E-state index in [1.807, 2.05) is 30.3 Å². The maximum absolute atomic E-state index is 12.0. The Bertz CT molecular complexity index is 895. The second-order valence-corrected chi connectivity index (χ2v) is 6.54. The zero-order chi connectivity index (χ0) is 20.5. The van der Waals surface area contributed by atoms with Crippen LogP contribution in [0.5, 0.6) is 5.75 Å². The molecule has 0 spiro atoms. The van der Waals surface area contributed by atoms with Crippen molar-refractivity contribution in [3.63, 3.8) is 0 Å². The minimum Gasteiger partial charge on any atom is -0.483 e. The highest BCUT2D eigenvalue weighted by atomic mass is 16.5. The largest absolute Gasteiger partial charge is 0.483 e. The smallest absolute Gasteiger partial charge is 0.329 e. The summed E-state index contributed by atoms with van der Waals surface area (Å²) in [6, 6.07) is 16.6. The van der Waals surface area contributed by atoms with E-state index < -0.39 is 11.8 Å². The lowest BCUT2D eigenvalue weighted by atomic mass is 10.2. The highest BCUT2D eigenvalue weighted by molar-refractivity contribution is 6.35. The summed E-state index contributed by atoms with van der Waals surface area (Å²) in [5, 5.41) is 9.15. The van der Waals surface area contributed by atoms with Crippen LogP contribution in [0.3, 0.4) is 0 Å². The first-order chi connectivity index (χ1) is 14.1. The van der Waals surface area contributed by atoms with Gasteiger partial charge in [-0.25, -0.2) is 5.43 Å². The zero-order valence-corrected chi connectivity index (χ0v) is 15.8. The highest BCUT2D eigenvalue weighted by Gasteiger charge is 2.26. The number of benzene rings is 2. The first kappa shape index (κ1) is 20.1.